The number of rotatable bonds is 4. The van der Waals surface area contributed by atoms with Gasteiger partial charge in [-0.25, -0.2) is 0 Å². The first-order valence-corrected chi connectivity index (χ1v) is 7.98. The maximum absolute atomic E-state index is 6.32. The van der Waals surface area contributed by atoms with Crippen LogP contribution < -0.4 is 5.32 Å². The van der Waals surface area contributed by atoms with Gasteiger partial charge >= 0.3 is 0 Å². The number of halogens is 1. The van der Waals surface area contributed by atoms with E-state index in [1.807, 2.05) is 12.1 Å². The Labute approximate surface area is 128 Å². The van der Waals surface area contributed by atoms with Crippen LogP contribution in [-0.2, 0) is 6.54 Å². The van der Waals surface area contributed by atoms with Gasteiger partial charge in [-0.3, -0.25) is 4.90 Å². The number of nitrogens with zero attached hydrogens (tertiary/aromatic N) is 1. The normalized spacial score (nSPS) is 23.2. The molecule has 1 saturated heterocycles. The highest BCUT2D eigenvalue weighted by atomic mass is 35.5. The van der Waals surface area contributed by atoms with E-state index in [9.17, 15) is 0 Å². The Hall–Kier alpha value is -0.570. The molecule has 112 valence electrons. The first-order chi connectivity index (χ1) is 9.38. The van der Waals surface area contributed by atoms with Crippen molar-refractivity contribution in [3.05, 3.63) is 34.9 Å². The fourth-order valence-corrected chi connectivity index (χ4v) is 3.12. The van der Waals surface area contributed by atoms with E-state index < -0.39 is 0 Å². The Bertz CT molecular complexity index is 442. The lowest BCUT2D eigenvalue weighted by atomic mass is 9.93. The molecule has 1 fully saturated rings. The van der Waals surface area contributed by atoms with Crippen LogP contribution in [0.2, 0.25) is 5.02 Å². The Morgan fingerprint density at radius 1 is 1.35 bits per heavy atom. The molecular formula is C17H27ClN2. The highest BCUT2D eigenvalue weighted by Gasteiger charge is 2.34. The molecule has 0 amide bonds. The Kier molecular flexibility index (Phi) is 5.11. The largest absolute Gasteiger partial charge is 0.311 e. The van der Waals surface area contributed by atoms with Crippen molar-refractivity contribution in [2.45, 2.75) is 52.2 Å². The second-order valence-electron chi connectivity index (χ2n) is 6.99. The zero-order valence-corrected chi connectivity index (χ0v) is 13.9. The summed E-state index contributed by atoms with van der Waals surface area (Å²) in [6.07, 6.45) is 1.23. The molecule has 3 heteroatoms. The molecule has 0 saturated carbocycles. The molecule has 0 radical (unpaired) electrons. The molecule has 0 bridgehead atoms. The van der Waals surface area contributed by atoms with Gasteiger partial charge in [0.2, 0.25) is 0 Å². The summed E-state index contributed by atoms with van der Waals surface area (Å²) < 4.78 is 0. The van der Waals surface area contributed by atoms with Crippen LogP contribution in [0.4, 0.5) is 0 Å². The molecule has 0 spiro atoms. The second kappa shape index (κ2) is 6.46. The van der Waals surface area contributed by atoms with Crippen LogP contribution in [0.3, 0.4) is 0 Å². The quantitative estimate of drug-likeness (QED) is 0.905. The molecule has 1 aliphatic rings. The maximum atomic E-state index is 6.32. The maximum Gasteiger partial charge on any atom is 0.0451 e. The van der Waals surface area contributed by atoms with Gasteiger partial charge in [0.1, 0.15) is 0 Å². The number of hydrogen-bond donors (Lipinski definition) is 1. The zero-order valence-electron chi connectivity index (χ0n) is 13.1. The van der Waals surface area contributed by atoms with Crippen LogP contribution in [0.1, 0.15) is 39.7 Å². The summed E-state index contributed by atoms with van der Waals surface area (Å²) in [5.41, 5.74) is 1.40. The predicted octanol–water partition coefficient (Wildman–Crippen LogP) is 3.94. The minimum absolute atomic E-state index is 0.173. The van der Waals surface area contributed by atoms with E-state index in [0.717, 1.165) is 30.6 Å². The summed E-state index contributed by atoms with van der Waals surface area (Å²) in [4.78, 5) is 2.57. The molecule has 0 aromatic heterocycles. The standard InChI is InChI=1S/C17H27ClN2/c1-13(2)9-15-11-20(17(3,4)12-19-15)10-14-7-5-6-8-16(14)18/h5-8,13,15,19H,9-12H2,1-4H3. The summed E-state index contributed by atoms with van der Waals surface area (Å²) >= 11 is 6.32. The van der Waals surface area contributed by atoms with Crippen molar-refractivity contribution in [3.8, 4) is 0 Å². The third kappa shape index (κ3) is 3.97. The first kappa shape index (κ1) is 15.8. The summed E-state index contributed by atoms with van der Waals surface area (Å²) in [6, 6.07) is 8.78. The SMILES string of the molecule is CC(C)CC1CN(Cc2ccccc2Cl)C(C)(C)CN1. The molecule has 2 nitrogen and oxygen atoms in total. The monoisotopic (exact) mass is 294 g/mol. The van der Waals surface area contributed by atoms with E-state index >= 15 is 0 Å². The lowest BCUT2D eigenvalue weighted by Gasteiger charge is -2.46. The van der Waals surface area contributed by atoms with E-state index in [4.69, 9.17) is 11.6 Å². The van der Waals surface area contributed by atoms with E-state index in [1.165, 1.54) is 12.0 Å². The number of piperazine rings is 1. The van der Waals surface area contributed by atoms with Crippen LogP contribution in [-0.4, -0.2) is 29.6 Å². The van der Waals surface area contributed by atoms with Crippen molar-refractivity contribution < 1.29 is 0 Å². The van der Waals surface area contributed by atoms with Crippen LogP contribution in [0, 0.1) is 5.92 Å². The summed E-state index contributed by atoms with van der Waals surface area (Å²) in [5, 5.41) is 4.57. The predicted molar refractivity (Wildman–Crippen MR) is 87.2 cm³/mol. The Morgan fingerprint density at radius 2 is 2.05 bits per heavy atom. The van der Waals surface area contributed by atoms with Gasteiger partial charge in [-0.2, -0.15) is 0 Å². The Balaban J connectivity index is 2.08. The van der Waals surface area contributed by atoms with Gasteiger partial charge in [-0.05, 0) is 37.8 Å². The van der Waals surface area contributed by atoms with Gasteiger partial charge in [0.25, 0.3) is 0 Å². The van der Waals surface area contributed by atoms with Gasteiger partial charge in [0.15, 0.2) is 0 Å². The molecule has 1 atom stereocenters. The van der Waals surface area contributed by atoms with E-state index in [1.54, 1.807) is 0 Å². The highest BCUT2D eigenvalue weighted by Crippen LogP contribution is 2.26. The summed E-state index contributed by atoms with van der Waals surface area (Å²) in [6.45, 7) is 12.3. The molecule has 1 N–H and O–H groups in total. The van der Waals surface area contributed by atoms with Gasteiger partial charge in [-0.1, -0.05) is 43.6 Å². The number of benzene rings is 1. The van der Waals surface area contributed by atoms with Crippen molar-refractivity contribution in [3.63, 3.8) is 0 Å². The van der Waals surface area contributed by atoms with Crippen molar-refractivity contribution in [1.82, 2.24) is 10.2 Å². The lowest BCUT2D eigenvalue weighted by Crippen LogP contribution is -2.61. The van der Waals surface area contributed by atoms with Gasteiger partial charge in [0.05, 0.1) is 0 Å². The molecule has 1 aromatic rings. The van der Waals surface area contributed by atoms with E-state index in [-0.39, 0.29) is 5.54 Å². The smallest absolute Gasteiger partial charge is 0.0451 e. The van der Waals surface area contributed by atoms with Crippen molar-refractivity contribution in [2.75, 3.05) is 13.1 Å². The molecular weight excluding hydrogens is 268 g/mol. The van der Waals surface area contributed by atoms with Crippen molar-refractivity contribution in [1.29, 1.82) is 0 Å². The van der Waals surface area contributed by atoms with Crippen molar-refractivity contribution >= 4 is 11.6 Å². The minimum atomic E-state index is 0.173. The van der Waals surface area contributed by atoms with Gasteiger partial charge < -0.3 is 5.32 Å². The van der Waals surface area contributed by atoms with Crippen LogP contribution in [0.5, 0.6) is 0 Å². The van der Waals surface area contributed by atoms with E-state index in [2.05, 4.69) is 50.0 Å². The molecule has 1 unspecified atom stereocenters. The average molecular weight is 295 g/mol. The van der Waals surface area contributed by atoms with Crippen LogP contribution in [0.15, 0.2) is 24.3 Å². The lowest BCUT2D eigenvalue weighted by molar-refractivity contribution is 0.0536. The van der Waals surface area contributed by atoms with Gasteiger partial charge in [0, 0.05) is 36.2 Å². The molecule has 2 rings (SSSR count). The van der Waals surface area contributed by atoms with Crippen LogP contribution >= 0.6 is 11.6 Å². The first-order valence-electron chi connectivity index (χ1n) is 7.60. The van der Waals surface area contributed by atoms with Crippen LogP contribution in [0.25, 0.3) is 0 Å². The third-order valence-corrected chi connectivity index (χ3v) is 4.56. The third-order valence-electron chi connectivity index (χ3n) is 4.20. The fraction of sp³-hybridized carbons (Fsp3) is 0.647. The topological polar surface area (TPSA) is 15.3 Å². The zero-order chi connectivity index (χ0) is 14.8. The summed E-state index contributed by atoms with van der Waals surface area (Å²) in [5.74, 6) is 0.732. The van der Waals surface area contributed by atoms with E-state index in [0.29, 0.717) is 6.04 Å². The minimum Gasteiger partial charge on any atom is -0.311 e. The van der Waals surface area contributed by atoms with Crippen molar-refractivity contribution in [2.24, 2.45) is 5.92 Å². The number of nitrogens with one attached hydrogen (secondary N) is 1. The molecule has 1 heterocycles. The fourth-order valence-electron chi connectivity index (χ4n) is 2.92. The number of hydrogen-bond acceptors (Lipinski definition) is 2. The second-order valence-corrected chi connectivity index (χ2v) is 7.40. The molecule has 20 heavy (non-hydrogen) atoms. The molecule has 1 aromatic carbocycles. The molecule has 0 aliphatic carbocycles. The Morgan fingerprint density at radius 3 is 2.70 bits per heavy atom. The van der Waals surface area contributed by atoms with Gasteiger partial charge in [-0.15, -0.1) is 0 Å². The average Bonchev–Trinajstić information content (AvgIpc) is 2.36. The highest BCUT2D eigenvalue weighted by molar-refractivity contribution is 6.31. The molecule has 1 aliphatic heterocycles. The summed E-state index contributed by atoms with van der Waals surface area (Å²) in [7, 11) is 0.